The first-order valence-corrected chi connectivity index (χ1v) is 5.32. The van der Waals surface area contributed by atoms with Crippen LogP contribution in [0.25, 0.3) is 5.76 Å². The first-order valence-electron chi connectivity index (χ1n) is 5.32. The highest BCUT2D eigenvalue weighted by Crippen LogP contribution is 2.16. The molecule has 0 bridgehead atoms. The molecule has 0 saturated carbocycles. The predicted molar refractivity (Wildman–Crippen MR) is 60.7 cm³/mol. The van der Waals surface area contributed by atoms with E-state index in [4.69, 9.17) is 4.74 Å². The van der Waals surface area contributed by atoms with Crippen LogP contribution in [0.15, 0.2) is 33.5 Å². The number of carbonyl (C=O) groups excluding carboxylic acids is 1. The molecule has 5 heteroatoms. The van der Waals surface area contributed by atoms with Gasteiger partial charge in [-0.3, -0.25) is 9.79 Å². The summed E-state index contributed by atoms with van der Waals surface area (Å²) < 4.78 is 5.19. The first-order chi connectivity index (χ1) is 8.28. The van der Waals surface area contributed by atoms with Crippen molar-refractivity contribution < 1.29 is 9.53 Å². The normalized spacial score (nSPS) is 14.5. The van der Waals surface area contributed by atoms with Gasteiger partial charge in [-0.15, -0.1) is 0 Å². The molecule has 3 rings (SSSR count). The minimum atomic E-state index is -0.270. The van der Waals surface area contributed by atoms with Crippen molar-refractivity contribution in [3.05, 3.63) is 40.2 Å². The molecule has 0 radical (unpaired) electrons. The molecule has 0 aliphatic carbocycles. The number of hydrogen-bond acceptors (Lipinski definition) is 5. The van der Waals surface area contributed by atoms with Crippen LogP contribution >= 0.6 is 0 Å². The molecule has 2 aliphatic heterocycles. The molecule has 1 aromatic carbocycles. The van der Waals surface area contributed by atoms with Crippen LogP contribution in [0.3, 0.4) is 0 Å². The summed E-state index contributed by atoms with van der Waals surface area (Å²) in [5.41, 5.74) is 1.73. The maximum atomic E-state index is 11.3. The van der Waals surface area contributed by atoms with E-state index in [1.54, 1.807) is 19.3 Å². The molecule has 0 fully saturated rings. The Balaban J connectivity index is 2.03. The van der Waals surface area contributed by atoms with Crippen LogP contribution in [0.1, 0.15) is 24.5 Å². The lowest BCUT2D eigenvalue weighted by Crippen LogP contribution is -2.17. The molecule has 17 heavy (non-hydrogen) atoms. The number of carbonyl (C=O) groups is 1. The zero-order valence-corrected chi connectivity index (χ0v) is 9.17. The van der Waals surface area contributed by atoms with Crippen molar-refractivity contribution in [2.75, 3.05) is 0 Å². The molecule has 0 aromatic heterocycles. The van der Waals surface area contributed by atoms with Gasteiger partial charge in [0.25, 0.3) is 0 Å². The number of esters is 1. The Labute approximate surface area is 96.9 Å². The lowest BCUT2D eigenvalue weighted by molar-refractivity contribution is -0.136. The fourth-order valence-electron chi connectivity index (χ4n) is 1.71. The molecule has 0 spiro atoms. The van der Waals surface area contributed by atoms with Gasteiger partial charge < -0.3 is 4.74 Å². The maximum absolute atomic E-state index is 11.3. The van der Waals surface area contributed by atoms with Crippen molar-refractivity contribution in [1.29, 1.82) is 0 Å². The first kappa shape index (κ1) is 9.89. The van der Waals surface area contributed by atoms with Crippen molar-refractivity contribution in [3.63, 3.8) is 0 Å². The maximum Gasteiger partial charge on any atom is 0.310 e. The highest BCUT2D eigenvalue weighted by Gasteiger charge is 2.16. The quantitative estimate of drug-likeness (QED) is 0.692. The Morgan fingerprint density at radius 3 is 3.06 bits per heavy atom. The van der Waals surface area contributed by atoms with Gasteiger partial charge in [-0.2, -0.15) is 10.2 Å². The van der Waals surface area contributed by atoms with Gasteiger partial charge in [-0.05, 0) is 12.1 Å². The van der Waals surface area contributed by atoms with Gasteiger partial charge in [0, 0.05) is 17.5 Å². The predicted octanol–water partition coefficient (Wildman–Crippen LogP) is 0.538. The van der Waals surface area contributed by atoms with Crippen LogP contribution in [0.5, 0.6) is 0 Å². The van der Waals surface area contributed by atoms with Crippen molar-refractivity contribution in [1.82, 2.24) is 0 Å². The highest BCUT2D eigenvalue weighted by molar-refractivity contribution is 5.83. The molecule has 0 saturated heterocycles. The zero-order valence-electron chi connectivity index (χ0n) is 9.17. The lowest BCUT2D eigenvalue weighted by Gasteiger charge is -2.03. The van der Waals surface area contributed by atoms with Crippen molar-refractivity contribution in [2.24, 2.45) is 15.2 Å². The third-order valence-corrected chi connectivity index (χ3v) is 2.61. The van der Waals surface area contributed by atoms with Crippen LogP contribution in [0, 0.1) is 0 Å². The Bertz CT molecular complexity index is 686. The van der Waals surface area contributed by atoms with Crippen molar-refractivity contribution >= 4 is 17.9 Å². The second-order valence-corrected chi connectivity index (χ2v) is 3.72. The van der Waals surface area contributed by atoms with Gasteiger partial charge in [0.05, 0.1) is 23.1 Å². The smallest absolute Gasteiger partial charge is 0.310 e. The van der Waals surface area contributed by atoms with E-state index >= 15 is 0 Å². The Hall–Kier alpha value is -2.30. The molecule has 84 valence electrons. The fraction of sp³-hybridized carbons (Fsp3) is 0.167. The standard InChI is InChI=1S/C12H9N3O2/c1-2-12(16)17-11-6-13-10-3-7-5-14-15-9(7)4-8(10)11/h3-6H,2H2,1H3. The van der Waals surface area contributed by atoms with Crippen LogP contribution in [0.2, 0.25) is 0 Å². The number of ether oxygens (including phenoxy) is 1. The molecule has 0 atom stereocenters. The van der Waals surface area contributed by atoms with Crippen LogP contribution in [-0.2, 0) is 9.53 Å². The van der Waals surface area contributed by atoms with Gasteiger partial charge >= 0.3 is 5.97 Å². The molecule has 0 N–H and O–H groups in total. The van der Waals surface area contributed by atoms with Gasteiger partial charge in [-0.25, -0.2) is 0 Å². The van der Waals surface area contributed by atoms with E-state index in [2.05, 4.69) is 15.2 Å². The number of rotatable bonds is 2. The van der Waals surface area contributed by atoms with E-state index in [1.165, 1.54) is 0 Å². The second kappa shape index (κ2) is 3.62. The Morgan fingerprint density at radius 2 is 2.24 bits per heavy atom. The van der Waals surface area contributed by atoms with Crippen LogP contribution in [-0.4, -0.2) is 12.2 Å². The Morgan fingerprint density at radius 1 is 1.35 bits per heavy atom. The molecule has 0 amide bonds. The van der Waals surface area contributed by atoms with Crippen molar-refractivity contribution in [2.45, 2.75) is 13.3 Å². The van der Waals surface area contributed by atoms with Gasteiger partial charge in [-0.1, -0.05) is 6.92 Å². The fourth-order valence-corrected chi connectivity index (χ4v) is 1.71. The van der Waals surface area contributed by atoms with E-state index in [1.807, 2.05) is 12.1 Å². The van der Waals surface area contributed by atoms with Gasteiger partial charge in [0.1, 0.15) is 0 Å². The van der Waals surface area contributed by atoms with Crippen LogP contribution < -0.4 is 10.7 Å². The summed E-state index contributed by atoms with van der Waals surface area (Å²) >= 11 is 0. The molecule has 1 aromatic rings. The molecular formula is C12H9N3O2. The largest absolute Gasteiger partial charge is 0.424 e. The van der Waals surface area contributed by atoms with Gasteiger partial charge in [0.2, 0.25) is 0 Å². The van der Waals surface area contributed by atoms with Crippen LogP contribution in [0.4, 0.5) is 0 Å². The van der Waals surface area contributed by atoms with E-state index < -0.39 is 0 Å². The molecular weight excluding hydrogens is 218 g/mol. The zero-order chi connectivity index (χ0) is 11.8. The third kappa shape index (κ3) is 1.56. The second-order valence-electron chi connectivity index (χ2n) is 3.72. The minimum Gasteiger partial charge on any atom is -0.424 e. The van der Waals surface area contributed by atoms with E-state index in [0.717, 1.165) is 21.8 Å². The molecule has 0 unspecified atom stereocenters. The lowest BCUT2D eigenvalue weighted by atomic mass is 10.1. The summed E-state index contributed by atoms with van der Waals surface area (Å²) in [6, 6.07) is 3.72. The topological polar surface area (TPSA) is 63.4 Å². The average Bonchev–Trinajstić information content (AvgIpc) is 2.93. The number of nitrogens with zero attached hydrogens (tertiary/aromatic N) is 3. The number of fused-ring (bicyclic) bond motifs is 2. The monoisotopic (exact) mass is 227 g/mol. The summed E-state index contributed by atoms with van der Waals surface area (Å²) in [6.45, 7) is 1.75. The van der Waals surface area contributed by atoms with Gasteiger partial charge in [0.15, 0.2) is 5.76 Å². The molecule has 2 heterocycles. The summed E-state index contributed by atoms with van der Waals surface area (Å²) in [5.74, 6) is 0.213. The SMILES string of the molecule is CCC(=O)OC1=CN=c2cc3c(cc21)=NN=C3. The summed E-state index contributed by atoms with van der Waals surface area (Å²) in [7, 11) is 0. The number of benzene rings is 1. The summed E-state index contributed by atoms with van der Waals surface area (Å²) in [5, 5.41) is 9.36. The summed E-state index contributed by atoms with van der Waals surface area (Å²) in [4.78, 5) is 15.5. The van der Waals surface area contributed by atoms with Crippen molar-refractivity contribution in [3.8, 4) is 0 Å². The Kier molecular flexibility index (Phi) is 2.11. The minimum absolute atomic E-state index is 0.270. The van der Waals surface area contributed by atoms with E-state index in [0.29, 0.717) is 12.2 Å². The molecule has 2 aliphatic rings. The average molecular weight is 227 g/mol. The third-order valence-electron chi connectivity index (χ3n) is 2.61. The molecule has 5 nitrogen and oxygen atoms in total. The summed E-state index contributed by atoms with van der Waals surface area (Å²) in [6.07, 6.45) is 3.58. The number of hydrogen-bond donors (Lipinski definition) is 0. The van der Waals surface area contributed by atoms with E-state index in [-0.39, 0.29) is 5.97 Å². The highest BCUT2D eigenvalue weighted by atomic mass is 16.5. The van der Waals surface area contributed by atoms with E-state index in [9.17, 15) is 4.79 Å².